The third kappa shape index (κ3) is 7.40. The Morgan fingerprint density at radius 2 is 1.81 bits per heavy atom. The maximum Gasteiger partial charge on any atom is 0.355 e. The molecule has 0 unspecified atom stereocenters. The fourth-order valence-electron chi connectivity index (χ4n) is 3.17. The lowest BCUT2D eigenvalue weighted by Gasteiger charge is -2.16. The van der Waals surface area contributed by atoms with Gasteiger partial charge in [0.25, 0.3) is 0 Å². The second-order valence-electron chi connectivity index (χ2n) is 8.09. The van der Waals surface area contributed by atoms with E-state index in [0.29, 0.717) is 15.2 Å². The smallest absolute Gasteiger partial charge is 0.355 e. The van der Waals surface area contributed by atoms with E-state index in [1.165, 1.54) is 12.1 Å². The quantitative estimate of drug-likeness (QED) is 0.378. The van der Waals surface area contributed by atoms with Gasteiger partial charge in [-0.1, -0.05) is 23.7 Å². The van der Waals surface area contributed by atoms with E-state index in [9.17, 15) is 23.6 Å². The van der Waals surface area contributed by atoms with Gasteiger partial charge in [0.05, 0.1) is 19.8 Å². The van der Waals surface area contributed by atoms with Gasteiger partial charge in [-0.3, -0.25) is 14.2 Å². The zero-order valence-corrected chi connectivity index (χ0v) is 21.0. The highest BCUT2D eigenvalue weighted by Gasteiger charge is 2.18. The van der Waals surface area contributed by atoms with Crippen molar-refractivity contribution in [3.8, 4) is 5.75 Å². The van der Waals surface area contributed by atoms with Gasteiger partial charge in [0.2, 0.25) is 11.9 Å². The molecule has 0 aliphatic carbocycles. The Labute approximate surface area is 215 Å². The van der Waals surface area contributed by atoms with Crippen LogP contribution in [-0.2, 0) is 27.4 Å². The molecule has 37 heavy (non-hydrogen) atoms. The van der Waals surface area contributed by atoms with Crippen LogP contribution in [0.2, 0.25) is 5.02 Å². The number of halogens is 2. The van der Waals surface area contributed by atoms with Crippen LogP contribution in [0.3, 0.4) is 0 Å². The van der Waals surface area contributed by atoms with Gasteiger partial charge >= 0.3 is 17.3 Å². The average molecular weight is 534 g/mol. The van der Waals surface area contributed by atoms with Crippen LogP contribution in [0.5, 0.6) is 5.75 Å². The van der Waals surface area contributed by atoms with Gasteiger partial charge < -0.3 is 20.1 Å². The van der Waals surface area contributed by atoms with Crippen molar-refractivity contribution >= 4 is 35.1 Å². The minimum absolute atomic E-state index is 0.0421. The molecule has 2 N–H and O–H groups in total. The molecule has 3 rings (SSSR count). The molecule has 0 aliphatic rings. The molecule has 196 valence electrons. The summed E-state index contributed by atoms with van der Waals surface area (Å²) < 4.78 is 26.1. The maximum absolute atomic E-state index is 14.5. The summed E-state index contributed by atoms with van der Waals surface area (Å²) in [6, 6.07) is 10.7. The van der Waals surface area contributed by atoms with Gasteiger partial charge in [-0.05, 0) is 43.7 Å². The molecule has 3 aromatic rings. The number of carbonyl (C=O) groups is 2. The number of ether oxygens (including phenoxy) is 2. The molecule has 1 heterocycles. The molecule has 0 bridgehead atoms. The molecule has 11 nitrogen and oxygen atoms in total. The van der Waals surface area contributed by atoms with Crippen LogP contribution in [-0.4, -0.2) is 45.8 Å². The molecule has 2 aromatic carbocycles. The predicted octanol–water partition coefficient (Wildman–Crippen LogP) is 2.07. The standard InChI is InChI=1S/C24H25ClFN5O6/c1-14(2)37-19-9-8-17(10-18(19)26)28-22-29-23(34)31(13-20(32)27-11-21(33)36-3)24(35)30(22)12-15-4-6-16(25)7-5-15/h4-10,14H,11-13H2,1-3H3,(H,27,32)(H,28,29,34). The molecule has 1 aromatic heterocycles. The largest absolute Gasteiger partial charge is 0.488 e. The summed E-state index contributed by atoms with van der Waals surface area (Å²) in [6.07, 6.45) is -0.239. The molecular weight excluding hydrogens is 509 g/mol. The molecule has 0 spiro atoms. The van der Waals surface area contributed by atoms with E-state index < -0.39 is 42.2 Å². The van der Waals surface area contributed by atoms with E-state index >= 15 is 0 Å². The van der Waals surface area contributed by atoms with E-state index in [0.717, 1.165) is 17.7 Å². The van der Waals surface area contributed by atoms with E-state index in [4.69, 9.17) is 16.3 Å². The summed E-state index contributed by atoms with van der Waals surface area (Å²) in [6.45, 7) is 2.36. The summed E-state index contributed by atoms with van der Waals surface area (Å²) in [4.78, 5) is 53.4. The lowest BCUT2D eigenvalue weighted by Crippen LogP contribution is -2.46. The molecule has 0 radical (unpaired) electrons. The zero-order valence-electron chi connectivity index (χ0n) is 20.3. The maximum atomic E-state index is 14.5. The lowest BCUT2D eigenvalue weighted by atomic mass is 10.2. The number of aromatic nitrogens is 3. The van der Waals surface area contributed by atoms with Crippen LogP contribution in [0.25, 0.3) is 0 Å². The van der Waals surface area contributed by atoms with Crippen LogP contribution < -0.4 is 26.7 Å². The zero-order chi connectivity index (χ0) is 27.1. The molecule has 1 amide bonds. The number of nitrogens with zero attached hydrogens (tertiary/aromatic N) is 3. The fraction of sp³-hybridized carbons (Fsp3) is 0.292. The van der Waals surface area contributed by atoms with Crippen LogP contribution in [0.15, 0.2) is 52.1 Å². The summed E-state index contributed by atoms with van der Waals surface area (Å²) in [5, 5.41) is 5.53. The fourth-order valence-corrected chi connectivity index (χ4v) is 3.30. The number of hydrogen-bond acceptors (Lipinski definition) is 8. The number of anilines is 2. The van der Waals surface area contributed by atoms with Gasteiger partial charge in [-0.25, -0.2) is 18.5 Å². The van der Waals surface area contributed by atoms with Gasteiger partial charge in [-0.2, -0.15) is 4.98 Å². The normalized spacial score (nSPS) is 10.8. The van der Waals surface area contributed by atoms with Crippen molar-refractivity contribution in [2.45, 2.75) is 33.0 Å². The topological polar surface area (TPSA) is 134 Å². The van der Waals surface area contributed by atoms with Crippen molar-refractivity contribution in [2.75, 3.05) is 19.0 Å². The lowest BCUT2D eigenvalue weighted by molar-refractivity contribution is -0.141. The Bertz CT molecular complexity index is 1400. The predicted molar refractivity (Wildman–Crippen MR) is 134 cm³/mol. The first-order valence-corrected chi connectivity index (χ1v) is 11.5. The highest BCUT2D eigenvalue weighted by atomic mass is 35.5. The second-order valence-corrected chi connectivity index (χ2v) is 8.53. The first-order valence-electron chi connectivity index (χ1n) is 11.1. The Hall–Kier alpha value is -4.19. The van der Waals surface area contributed by atoms with Crippen molar-refractivity contribution in [3.05, 3.63) is 79.8 Å². The van der Waals surface area contributed by atoms with Gasteiger partial charge in [0, 0.05) is 16.8 Å². The van der Waals surface area contributed by atoms with Crippen molar-refractivity contribution in [3.63, 3.8) is 0 Å². The number of carbonyl (C=O) groups excluding carboxylic acids is 2. The Balaban J connectivity index is 1.98. The third-order valence-electron chi connectivity index (χ3n) is 4.91. The number of hydrogen-bond donors (Lipinski definition) is 2. The van der Waals surface area contributed by atoms with Gasteiger partial charge in [0.1, 0.15) is 13.1 Å². The number of amides is 1. The minimum Gasteiger partial charge on any atom is -0.488 e. The van der Waals surface area contributed by atoms with Crippen molar-refractivity contribution in [1.29, 1.82) is 0 Å². The highest BCUT2D eigenvalue weighted by Crippen LogP contribution is 2.24. The third-order valence-corrected chi connectivity index (χ3v) is 5.17. The number of nitrogens with one attached hydrogen (secondary N) is 2. The molecule has 0 atom stereocenters. The summed E-state index contributed by atoms with van der Waals surface area (Å²) in [5.41, 5.74) is -1.03. The molecular formula is C24H25ClFN5O6. The van der Waals surface area contributed by atoms with E-state index in [-0.39, 0.29) is 30.0 Å². The first kappa shape index (κ1) is 27.4. The number of esters is 1. The Kier molecular flexibility index (Phi) is 9.01. The minimum atomic E-state index is -1.02. The Morgan fingerprint density at radius 3 is 2.43 bits per heavy atom. The molecule has 0 saturated carbocycles. The molecule has 13 heteroatoms. The van der Waals surface area contributed by atoms with E-state index in [2.05, 4.69) is 20.4 Å². The van der Waals surface area contributed by atoms with Gasteiger partial charge in [-0.15, -0.1) is 0 Å². The van der Waals surface area contributed by atoms with Crippen LogP contribution in [0.4, 0.5) is 16.0 Å². The van der Waals surface area contributed by atoms with Crippen LogP contribution in [0, 0.1) is 5.82 Å². The molecule has 0 fully saturated rings. The average Bonchev–Trinajstić information content (AvgIpc) is 2.85. The Morgan fingerprint density at radius 1 is 1.11 bits per heavy atom. The van der Waals surface area contributed by atoms with Gasteiger partial charge in [0.15, 0.2) is 11.6 Å². The van der Waals surface area contributed by atoms with Crippen LogP contribution >= 0.6 is 11.6 Å². The number of benzene rings is 2. The number of rotatable bonds is 10. The highest BCUT2D eigenvalue weighted by molar-refractivity contribution is 6.30. The van der Waals surface area contributed by atoms with Crippen molar-refractivity contribution in [2.24, 2.45) is 0 Å². The first-order chi connectivity index (χ1) is 17.6. The van der Waals surface area contributed by atoms with Crippen molar-refractivity contribution < 1.29 is 23.5 Å². The molecule has 0 saturated heterocycles. The SMILES string of the molecule is COC(=O)CNC(=O)Cn1c(=O)nc(Nc2ccc(OC(C)C)c(F)c2)n(Cc2ccc(Cl)cc2)c1=O. The summed E-state index contributed by atoms with van der Waals surface area (Å²) in [5.74, 6) is -2.25. The van der Waals surface area contributed by atoms with Crippen LogP contribution in [0.1, 0.15) is 19.4 Å². The summed E-state index contributed by atoms with van der Waals surface area (Å²) >= 11 is 5.95. The monoisotopic (exact) mass is 533 g/mol. The van der Waals surface area contributed by atoms with Crippen molar-refractivity contribution in [1.82, 2.24) is 19.4 Å². The summed E-state index contributed by atoms with van der Waals surface area (Å²) in [7, 11) is 1.15. The number of methoxy groups -OCH3 is 1. The second kappa shape index (κ2) is 12.2. The van der Waals surface area contributed by atoms with E-state index in [1.807, 2.05) is 0 Å². The van der Waals surface area contributed by atoms with E-state index in [1.54, 1.807) is 38.1 Å². The molecule has 0 aliphatic heterocycles.